The van der Waals surface area contributed by atoms with Crippen molar-refractivity contribution < 1.29 is 32.7 Å². The summed E-state index contributed by atoms with van der Waals surface area (Å²) in [5, 5.41) is 0.00894. The molecule has 0 aliphatic heterocycles. The fourth-order valence-electron chi connectivity index (χ4n) is 3.47. The highest BCUT2D eigenvalue weighted by Crippen LogP contribution is 2.27. The summed E-state index contributed by atoms with van der Waals surface area (Å²) >= 11 is 0. The molecule has 0 aromatic carbocycles. The zero-order valence-corrected chi connectivity index (χ0v) is 21.9. The normalized spacial score (nSPS) is 11.7. The van der Waals surface area contributed by atoms with Crippen LogP contribution in [-0.4, -0.2) is 81.8 Å². The van der Waals surface area contributed by atoms with Gasteiger partial charge in [-0.25, -0.2) is 14.2 Å². The lowest BCUT2D eigenvalue weighted by Crippen LogP contribution is -2.35. The van der Waals surface area contributed by atoms with Crippen LogP contribution in [0.25, 0.3) is 11.2 Å². The Labute approximate surface area is 211 Å². The van der Waals surface area contributed by atoms with Gasteiger partial charge in [0.2, 0.25) is 11.0 Å². The van der Waals surface area contributed by atoms with Crippen molar-refractivity contribution >= 4 is 34.1 Å². The Morgan fingerprint density at radius 1 is 1.11 bits per heavy atom. The van der Waals surface area contributed by atoms with Crippen molar-refractivity contribution in [3.8, 4) is 11.6 Å². The molecule has 3 aromatic heterocycles. The number of likely N-dealkylation sites (N-methyl/N-ethyl adjacent to an activating group) is 1. The van der Waals surface area contributed by atoms with Crippen LogP contribution >= 0.6 is 0 Å². The fraction of sp³-hybridized carbons (Fsp3) is 0.435. The molecule has 36 heavy (non-hydrogen) atoms. The molecule has 194 valence electrons. The highest BCUT2D eigenvalue weighted by Gasteiger charge is 2.26. The summed E-state index contributed by atoms with van der Waals surface area (Å²) < 4.78 is 35.1. The first-order valence-electron chi connectivity index (χ1n) is 11.1. The van der Waals surface area contributed by atoms with E-state index in [-0.39, 0.29) is 36.3 Å². The quantitative estimate of drug-likeness (QED) is 0.388. The molecule has 0 aliphatic carbocycles. The van der Waals surface area contributed by atoms with Crippen LogP contribution in [0.2, 0.25) is 0 Å². The predicted octanol–water partition coefficient (Wildman–Crippen LogP) is 2.84. The molecular weight excluding hydrogens is 490 g/mol. The minimum atomic E-state index is -1.77. The van der Waals surface area contributed by atoms with Crippen LogP contribution < -0.4 is 9.47 Å². The van der Waals surface area contributed by atoms with Gasteiger partial charge in [-0.1, -0.05) is 0 Å². The van der Waals surface area contributed by atoms with Gasteiger partial charge in [0.25, 0.3) is 0 Å². The Bertz CT molecular complexity index is 1290. The molecule has 0 aliphatic rings. The van der Waals surface area contributed by atoms with Crippen molar-refractivity contribution in [1.29, 1.82) is 0 Å². The number of aryl methyl sites for hydroxylation is 1. The van der Waals surface area contributed by atoms with E-state index in [0.29, 0.717) is 22.8 Å². The zero-order chi connectivity index (χ0) is 26.4. The topological polar surface area (TPSA) is 135 Å². The second-order valence-corrected chi connectivity index (χ2v) is 9.04. The van der Waals surface area contributed by atoms with E-state index < -0.39 is 23.0 Å². The van der Waals surface area contributed by atoms with Gasteiger partial charge >= 0.3 is 12.2 Å². The van der Waals surface area contributed by atoms with Crippen molar-refractivity contribution in [2.24, 2.45) is 0 Å². The Hall–Kier alpha value is -3.74. The Balaban J connectivity index is 1.95. The molecule has 1 amide bonds. The number of ether oxygens (including phenoxy) is 4. The summed E-state index contributed by atoms with van der Waals surface area (Å²) in [5.74, 6) is 0.967. The molecule has 0 N–H and O–H groups in total. The number of methoxy groups -OCH3 is 2. The summed E-state index contributed by atoms with van der Waals surface area (Å²) in [5.41, 5.74) is 2.73. The van der Waals surface area contributed by atoms with E-state index >= 15 is 0 Å². The molecule has 12 nitrogen and oxygen atoms in total. The number of hydrogen-bond donors (Lipinski definition) is 0. The smallest absolute Gasteiger partial charge is 0.496 e. The van der Waals surface area contributed by atoms with E-state index in [1.54, 1.807) is 32.4 Å². The Morgan fingerprint density at radius 3 is 2.53 bits per heavy atom. The highest BCUT2D eigenvalue weighted by molar-refractivity contribution is 7.84. The average molecular weight is 520 g/mol. The van der Waals surface area contributed by atoms with Crippen molar-refractivity contribution in [1.82, 2.24) is 24.4 Å². The van der Waals surface area contributed by atoms with Crippen LogP contribution in [0.1, 0.15) is 23.7 Å². The maximum atomic E-state index is 13.5. The summed E-state index contributed by atoms with van der Waals surface area (Å²) in [6, 6.07) is 2.68. The monoisotopic (exact) mass is 519 g/mol. The van der Waals surface area contributed by atoms with E-state index in [1.807, 2.05) is 13.8 Å². The largest absolute Gasteiger partial charge is 0.508 e. The third kappa shape index (κ3) is 5.73. The molecular formula is C23H29N5O7S. The first kappa shape index (κ1) is 26.9. The standard InChI is InChI=1S/C23H29N5O7S/c1-7-34-23(30)35-11-10-27(4)22(29)28-17-8-9-18(32-5)25-20(17)26-21(28)36(31)13-16-15(3)19(33-6)14(2)12-24-16/h8-9,12H,7,10-11,13H2,1-6H3. The molecule has 0 spiro atoms. The van der Waals surface area contributed by atoms with Gasteiger partial charge in [0.15, 0.2) is 5.65 Å². The van der Waals surface area contributed by atoms with Crippen LogP contribution in [0.5, 0.6) is 11.6 Å². The van der Waals surface area contributed by atoms with Gasteiger partial charge in [-0.05, 0) is 26.8 Å². The van der Waals surface area contributed by atoms with E-state index in [1.165, 1.54) is 23.6 Å². The van der Waals surface area contributed by atoms with Crippen molar-refractivity contribution in [2.45, 2.75) is 31.7 Å². The molecule has 0 bridgehead atoms. The first-order chi connectivity index (χ1) is 17.2. The fourth-order valence-corrected chi connectivity index (χ4v) is 4.71. The molecule has 3 aromatic rings. The van der Waals surface area contributed by atoms with Crippen LogP contribution in [0, 0.1) is 13.8 Å². The molecule has 3 rings (SSSR count). The number of rotatable bonds is 9. The first-order valence-corrected chi connectivity index (χ1v) is 12.4. The van der Waals surface area contributed by atoms with Gasteiger partial charge in [-0.15, -0.1) is 0 Å². The van der Waals surface area contributed by atoms with E-state index in [0.717, 1.165) is 11.1 Å². The number of imidazole rings is 1. The summed E-state index contributed by atoms with van der Waals surface area (Å²) in [6.45, 7) is 5.55. The van der Waals surface area contributed by atoms with E-state index in [2.05, 4.69) is 15.0 Å². The minimum absolute atomic E-state index is 0.00585. The molecule has 1 unspecified atom stereocenters. The van der Waals surface area contributed by atoms with Crippen LogP contribution in [-0.2, 0) is 26.0 Å². The third-order valence-electron chi connectivity index (χ3n) is 5.32. The van der Waals surface area contributed by atoms with Gasteiger partial charge in [-0.3, -0.25) is 9.19 Å². The lowest BCUT2D eigenvalue weighted by Gasteiger charge is -2.19. The minimum Gasteiger partial charge on any atom is -0.496 e. The molecule has 1 atom stereocenters. The molecule has 0 radical (unpaired) electrons. The molecule has 13 heteroatoms. The van der Waals surface area contributed by atoms with Gasteiger partial charge in [0, 0.05) is 30.4 Å². The number of aromatic nitrogens is 4. The maximum Gasteiger partial charge on any atom is 0.508 e. The number of hydrogen-bond acceptors (Lipinski definition) is 10. The van der Waals surface area contributed by atoms with Gasteiger partial charge in [-0.2, -0.15) is 9.97 Å². The molecule has 3 heterocycles. The summed E-state index contributed by atoms with van der Waals surface area (Å²) in [6.07, 6.45) is 0.830. The number of pyridine rings is 2. The van der Waals surface area contributed by atoms with Crippen molar-refractivity contribution in [2.75, 3.05) is 41.0 Å². The second kappa shape index (κ2) is 11.8. The highest BCUT2D eigenvalue weighted by atomic mass is 32.2. The average Bonchev–Trinajstić information content (AvgIpc) is 3.24. The zero-order valence-electron chi connectivity index (χ0n) is 21.1. The number of nitrogens with zero attached hydrogens (tertiary/aromatic N) is 5. The van der Waals surface area contributed by atoms with Crippen molar-refractivity contribution in [3.05, 3.63) is 35.2 Å². The number of fused-ring (bicyclic) bond motifs is 1. The van der Waals surface area contributed by atoms with Crippen LogP contribution in [0.4, 0.5) is 9.59 Å². The summed E-state index contributed by atoms with van der Waals surface area (Å²) in [4.78, 5) is 39.3. The Kier molecular flexibility index (Phi) is 8.80. The van der Waals surface area contributed by atoms with Crippen LogP contribution in [0.3, 0.4) is 0 Å². The van der Waals surface area contributed by atoms with Gasteiger partial charge < -0.3 is 23.8 Å². The molecule has 0 saturated heterocycles. The lowest BCUT2D eigenvalue weighted by molar-refractivity contribution is 0.0550. The number of amides is 1. The number of carbonyl (C=O) groups is 2. The number of carbonyl (C=O) groups excluding carboxylic acids is 2. The third-order valence-corrected chi connectivity index (χ3v) is 6.54. The van der Waals surface area contributed by atoms with E-state index in [9.17, 15) is 13.8 Å². The molecule has 0 fully saturated rings. The van der Waals surface area contributed by atoms with Gasteiger partial charge in [0.1, 0.15) is 12.4 Å². The Morgan fingerprint density at radius 2 is 1.86 bits per heavy atom. The predicted molar refractivity (Wildman–Crippen MR) is 131 cm³/mol. The second-order valence-electron chi connectivity index (χ2n) is 7.70. The van der Waals surface area contributed by atoms with E-state index in [4.69, 9.17) is 18.9 Å². The van der Waals surface area contributed by atoms with Gasteiger partial charge in [0.05, 0.1) is 55.1 Å². The maximum absolute atomic E-state index is 13.5. The lowest BCUT2D eigenvalue weighted by atomic mass is 10.1. The summed E-state index contributed by atoms with van der Waals surface area (Å²) in [7, 11) is 2.79. The molecule has 0 saturated carbocycles. The van der Waals surface area contributed by atoms with Crippen molar-refractivity contribution in [3.63, 3.8) is 0 Å². The van der Waals surface area contributed by atoms with Crippen LogP contribution in [0.15, 0.2) is 23.5 Å². The SMILES string of the molecule is CCOC(=O)OCCN(C)C(=O)n1c(S(=O)Cc2ncc(C)c(OC)c2C)nc2nc(OC)ccc21.